The van der Waals surface area contributed by atoms with Crippen molar-refractivity contribution in [3.8, 4) is 0 Å². The summed E-state index contributed by atoms with van der Waals surface area (Å²) in [5.41, 5.74) is 10.8. The second-order valence-corrected chi connectivity index (χ2v) is 3.33. The first-order chi connectivity index (χ1) is 7.10. The van der Waals surface area contributed by atoms with E-state index in [9.17, 15) is 9.59 Å². The first-order valence-electron chi connectivity index (χ1n) is 4.62. The molecule has 0 rings (SSSR count). The van der Waals surface area contributed by atoms with E-state index in [0.717, 1.165) is 6.29 Å². The van der Waals surface area contributed by atoms with Gasteiger partial charge in [0.2, 0.25) is 0 Å². The van der Waals surface area contributed by atoms with Crippen LogP contribution >= 0.6 is 12.2 Å². The molecule has 0 bridgehead atoms. The van der Waals surface area contributed by atoms with Gasteiger partial charge in [-0.1, -0.05) is 12.2 Å². The molecule has 0 aliphatic carbocycles. The fourth-order valence-electron chi connectivity index (χ4n) is 0.999. The molecule has 5 nitrogen and oxygen atoms in total. The van der Waals surface area contributed by atoms with Crippen molar-refractivity contribution in [2.75, 3.05) is 0 Å². The van der Waals surface area contributed by atoms with Gasteiger partial charge in [-0.25, -0.2) is 5.43 Å². The zero-order valence-corrected chi connectivity index (χ0v) is 9.31. The number of nitrogens with one attached hydrogen (secondary N) is 2. The van der Waals surface area contributed by atoms with E-state index < -0.39 is 5.66 Å². The molecular formula is C9H16N3O2S. The minimum Gasteiger partial charge on any atom is -0.316 e. The van der Waals surface area contributed by atoms with Crippen LogP contribution in [0, 0.1) is 6.92 Å². The summed E-state index contributed by atoms with van der Waals surface area (Å²) in [6, 6.07) is 0. The molecule has 0 aliphatic heterocycles. The quantitative estimate of drug-likeness (QED) is 0.168. The second kappa shape index (κ2) is 7.44. The van der Waals surface area contributed by atoms with Crippen molar-refractivity contribution in [1.82, 2.24) is 10.9 Å². The lowest BCUT2D eigenvalue weighted by molar-refractivity contribution is -0.125. The number of ketones is 1. The molecule has 4 N–H and O–H groups in total. The van der Waals surface area contributed by atoms with Crippen LogP contribution < -0.4 is 16.6 Å². The van der Waals surface area contributed by atoms with Gasteiger partial charge in [0.1, 0.15) is 11.9 Å². The van der Waals surface area contributed by atoms with Crippen molar-refractivity contribution in [1.29, 1.82) is 0 Å². The Hall–Kier alpha value is -0.850. The van der Waals surface area contributed by atoms with Crippen LogP contribution in [0.2, 0.25) is 0 Å². The number of carbonyl (C=O) groups excluding carboxylic acids is 2. The lowest BCUT2D eigenvalue weighted by atomic mass is 9.99. The van der Waals surface area contributed by atoms with Gasteiger partial charge in [-0.3, -0.25) is 4.79 Å². The third-order valence-electron chi connectivity index (χ3n) is 1.97. The summed E-state index contributed by atoms with van der Waals surface area (Å²) in [6.07, 6.45) is 2.08. The van der Waals surface area contributed by atoms with Gasteiger partial charge in [-0.05, 0) is 19.8 Å². The molecule has 0 heterocycles. The lowest BCUT2D eigenvalue weighted by Gasteiger charge is -2.27. The Labute approximate surface area is 94.8 Å². The van der Waals surface area contributed by atoms with Crippen molar-refractivity contribution in [3.63, 3.8) is 0 Å². The number of nitrogens with two attached hydrogens (primary N) is 1. The van der Waals surface area contributed by atoms with Crippen LogP contribution in [0.15, 0.2) is 0 Å². The Morgan fingerprint density at radius 3 is 2.73 bits per heavy atom. The summed E-state index contributed by atoms with van der Waals surface area (Å²) in [6.45, 7) is 3.59. The maximum absolute atomic E-state index is 11.6. The number of unbranched alkanes of at least 4 members (excludes halogenated alkanes) is 1. The molecule has 85 valence electrons. The van der Waals surface area contributed by atoms with E-state index in [0.29, 0.717) is 12.8 Å². The average molecular weight is 230 g/mol. The molecule has 0 amide bonds. The fourth-order valence-corrected chi connectivity index (χ4v) is 1.06. The minimum atomic E-state index is -1.22. The number of rotatable bonds is 9. The Bertz CT molecular complexity index is 235. The van der Waals surface area contributed by atoms with Crippen molar-refractivity contribution in [2.24, 2.45) is 5.73 Å². The minimum absolute atomic E-state index is 0.191. The second-order valence-electron chi connectivity index (χ2n) is 3.09. The van der Waals surface area contributed by atoms with Gasteiger partial charge in [0, 0.05) is 12.8 Å². The van der Waals surface area contributed by atoms with Crippen LogP contribution in [0.3, 0.4) is 0 Å². The zero-order chi connectivity index (χ0) is 11.7. The smallest absolute Gasteiger partial charge is 0.168 e. The van der Waals surface area contributed by atoms with Gasteiger partial charge in [0.05, 0.1) is 5.49 Å². The summed E-state index contributed by atoms with van der Waals surface area (Å²) in [5, 5.41) is 0. The van der Waals surface area contributed by atoms with Crippen molar-refractivity contribution < 1.29 is 9.59 Å². The molecule has 0 aliphatic rings. The molecule has 1 unspecified atom stereocenters. The maximum atomic E-state index is 11.6. The summed E-state index contributed by atoms with van der Waals surface area (Å²) in [4.78, 5) is 21.7. The summed E-state index contributed by atoms with van der Waals surface area (Å²) in [7, 11) is 0. The highest BCUT2D eigenvalue weighted by Gasteiger charge is 2.30. The number of carbonyl (C=O) groups is 2. The van der Waals surface area contributed by atoms with Gasteiger partial charge in [0.15, 0.2) is 5.78 Å². The summed E-state index contributed by atoms with van der Waals surface area (Å²) >= 11 is 4.53. The number of aldehydes is 1. The molecule has 0 saturated carbocycles. The predicted octanol–water partition coefficient (Wildman–Crippen LogP) is -0.145. The summed E-state index contributed by atoms with van der Waals surface area (Å²) in [5.74, 6) is -0.191. The topological polar surface area (TPSA) is 84.2 Å². The van der Waals surface area contributed by atoms with Gasteiger partial charge in [-0.2, -0.15) is 0 Å². The van der Waals surface area contributed by atoms with Gasteiger partial charge < -0.3 is 16.0 Å². The third kappa shape index (κ3) is 4.96. The molecule has 0 aromatic carbocycles. The molecule has 15 heavy (non-hydrogen) atoms. The maximum Gasteiger partial charge on any atom is 0.168 e. The molecule has 0 aromatic rings. The van der Waals surface area contributed by atoms with E-state index in [-0.39, 0.29) is 18.6 Å². The van der Waals surface area contributed by atoms with Crippen LogP contribution in [0.5, 0.6) is 0 Å². The number of hydrogen-bond acceptors (Lipinski definition) is 5. The number of hydrazine groups is 1. The molecule has 6 heteroatoms. The van der Waals surface area contributed by atoms with Crippen LogP contribution in [0.25, 0.3) is 0 Å². The van der Waals surface area contributed by atoms with Gasteiger partial charge >= 0.3 is 0 Å². The van der Waals surface area contributed by atoms with Crippen LogP contribution in [-0.4, -0.2) is 23.2 Å². The van der Waals surface area contributed by atoms with Crippen molar-refractivity contribution >= 4 is 29.8 Å². The highest BCUT2D eigenvalue weighted by atomic mass is 32.1. The molecule has 0 aromatic heterocycles. The highest BCUT2D eigenvalue weighted by molar-refractivity contribution is 7.78. The van der Waals surface area contributed by atoms with E-state index in [4.69, 9.17) is 5.73 Å². The Balaban J connectivity index is 4.17. The van der Waals surface area contributed by atoms with E-state index in [1.165, 1.54) is 5.49 Å². The van der Waals surface area contributed by atoms with Crippen LogP contribution in [0.4, 0.5) is 0 Å². The van der Waals surface area contributed by atoms with E-state index >= 15 is 0 Å². The normalized spacial score (nSPS) is 14.0. The van der Waals surface area contributed by atoms with E-state index in [2.05, 4.69) is 30.0 Å². The van der Waals surface area contributed by atoms with Crippen molar-refractivity contribution in [3.05, 3.63) is 6.92 Å². The molecule has 0 fully saturated rings. The Morgan fingerprint density at radius 1 is 1.60 bits per heavy atom. The van der Waals surface area contributed by atoms with E-state index in [1.807, 2.05) is 0 Å². The first-order valence-corrected chi connectivity index (χ1v) is 5.09. The fraction of sp³-hybridized carbons (Fsp3) is 0.556. The van der Waals surface area contributed by atoms with Crippen LogP contribution in [-0.2, 0) is 9.59 Å². The lowest BCUT2D eigenvalue weighted by Crippen LogP contribution is -2.63. The number of thiocarbonyl (C=S) groups is 1. The van der Waals surface area contributed by atoms with Gasteiger partial charge in [0.25, 0.3) is 0 Å². The molecule has 0 saturated heterocycles. The molecular weight excluding hydrogens is 214 g/mol. The van der Waals surface area contributed by atoms with Gasteiger partial charge in [-0.15, -0.1) is 0 Å². The first kappa shape index (κ1) is 14.2. The van der Waals surface area contributed by atoms with E-state index in [1.54, 1.807) is 0 Å². The monoisotopic (exact) mass is 230 g/mol. The average Bonchev–Trinajstić information content (AvgIpc) is 2.26. The summed E-state index contributed by atoms with van der Waals surface area (Å²) < 4.78 is 0. The third-order valence-corrected chi connectivity index (χ3v) is 2.09. The van der Waals surface area contributed by atoms with Crippen LogP contribution in [0.1, 0.15) is 25.7 Å². The number of hydrogen-bond donors (Lipinski definition) is 3. The Morgan fingerprint density at radius 2 is 2.27 bits per heavy atom. The van der Waals surface area contributed by atoms with Crippen molar-refractivity contribution in [2.45, 2.75) is 31.3 Å². The molecule has 1 atom stereocenters. The SMILES string of the molecule is [CH2]CC(N)(NNC=S)C(=O)CCCC=O. The number of Topliss-reactive ketones (excluding diaryl/α,β-unsaturated/α-hetero) is 1. The highest BCUT2D eigenvalue weighted by Crippen LogP contribution is 2.07. The standard InChI is InChI=1S/C9H16N3O2S/c1-2-9(10,12-11-7-15)8(14)5-3-4-6-13/h6-7,12H,1-5,10H2,(H,11,15). The zero-order valence-electron chi connectivity index (χ0n) is 8.49. The Kier molecular flexibility index (Phi) is 7.02. The molecule has 0 spiro atoms. The largest absolute Gasteiger partial charge is 0.316 e. The molecule has 1 radical (unpaired) electrons. The predicted molar refractivity (Wildman–Crippen MR) is 61.7 cm³/mol.